The van der Waals surface area contributed by atoms with Gasteiger partial charge in [0.05, 0.1) is 0 Å². The Kier molecular flexibility index (Phi) is 6.20. The maximum absolute atomic E-state index is 15.5. The monoisotopic (exact) mass is 436 g/mol. The summed E-state index contributed by atoms with van der Waals surface area (Å²) in [4.78, 5) is 22.5. The van der Waals surface area contributed by atoms with E-state index in [9.17, 15) is 9.59 Å². The number of carbonyl (C=O) groups is 2. The predicted octanol–water partition coefficient (Wildman–Crippen LogP) is 6.03. The average molecular weight is 437 g/mol. The molecule has 2 unspecified atom stereocenters. The summed E-state index contributed by atoms with van der Waals surface area (Å²) in [5.41, 5.74) is 0.305. The minimum Gasteiger partial charge on any atom is -0.481 e. The van der Waals surface area contributed by atoms with Crippen LogP contribution in [0.15, 0.2) is 0 Å². The van der Waals surface area contributed by atoms with Crippen LogP contribution < -0.4 is 0 Å². The van der Waals surface area contributed by atoms with Crippen LogP contribution in [-0.4, -0.2) is 29.3 Å². The first-order valence-electron chi connectivity index (χ1n) is 12.6. The fourth-order valence-electron chi connectivity index (χ4n) is 9.12. The van der Waals surface area contributed by atoms with Crippen LogP contribution in [0.5, 0.6) is 0 Å². The second-order valence-electron chi connectivity index (χ2n) is 11.8. The first-order chi connectivity index (χ1) is 14.6. The third-order valence-corrected chi connectivity index (χ3v) is 10.5. The standard InChI is InChI=1S/C26H41FO4/c1-15(5-10-23(29)30)18-8-9-19-17-6-7-21-24(27)22(31-16(2)28)12-14-26(21,4)20(17)11-13-25(18,19)3/h15,17-22,24H,5-14H2,1-4H3,(H,29,30)/t15-,17+,18?,19+,20+,21-,22?,24-,25-,26-/m1/s1. The van der Waals surface area contributed by atoms with E-state index < -0.39 is 18.2 Å². The lowest BCUT2D eigenvalue weighted by atomic mass is 9.44. The van der Waals surface area contributed by atoms with E-state index in [1.54, 1.807) is 0 Å². The van der Waals surface area contributed by atoms with Gasteiger partial charge in [-0.3, -0.25) is 9.59 Å². The zero-order valence-corrected chi connectivity index (χ0v) is 19.7. The van der Waals surface area contributed by atoms with E-state index in [0.717, 1.165) is 32.1 Å². The van der Waals surface area contributed by atoms with Crippen LogP contribution in [-0.2, 0) is 14.3 Å². The van der Waals surface area contributed by atoms with Crippen LogP contribution in [0, 0.1) is 46.3 Å². The Morgan fingerprint density at radius 1 is 1.00 bits per heavy atom. The van der Waals surface area contributed by atoms with Crippen molar-refractivity contribution in [1.29, 1.82) is 0 Å². The summed E-state index contributed by atoms with van der Waals surface area (Å²) in [6, 6.07) is 0. The van der Waals surface area contributed by atoms with Gasteiger partial charge < -0.3 is 9.84 Å². The number of aliphatic carboxylic acids is 1. The largest absolute Gasteiger partial charge is 0.481 e. The molecule has 0 amide bonds. The highest BCUT2D eigenvalue weighted by molar-refractivity contribution is 5.66. The number of hydrogen-bond acceptors (Lipinski definition) is 3. The molecule has 0 aromatic carbocycles. The van der Waals surface area contributed by atoms with Gasteiger partial charge in [0.1, 0.15) is 12.3 Å². The van der Waals surface area contributed by atoms with Gasteiger partial charge in [0.2, 0.25) is 0 Å². The van der Waals surface area contributed by atoms with Gasteiger partial charge in [-0.25, -0.2) is 4.39 Å². The summed E-state index contributed by atoms with van der Waals surface area (Å²) in [7, 11) is 0. The Balaban J connectivity index is 1.50. The van der Waals surface area contributed by atoms with Gasteiger partial charge in [-0.05, 0) is 104 Å². The van der Waals surface area contributed by atoms with E-state index in [-0.39, 0.29) is 23.7 Å². The third-order valence-electron chi connectivity index (χ3n) is 10.5. The number of rotatable bonds is 5. The summed E-state index contributed by atoms with van der Waals surface area (Å²) in [6.07, 6.45) is 7.86. The van der Waals surface area contributed by atoms with Crippen LogP contribution in [0.25, 0.3) is 0 Å². The molecular formula is C26H41FO4. The lowest BCUT2D eigenvalue weighted by Crippen LogP contribution is -2.58. The molecule has 4 nitrogen and oxygen atoms in total. The van der Waals surface area contributed by atoms with Crippen molar-refractivity contribution in [2.75, 3.05) is 0 Å². The molecule has 0 radical (unpaired) electrons. The van der Waals surface area contributed by atoms with Crippen molar-refractivity contribution in [3.05, 3.63) is 0 Å². The number of carboxylic acid groups (broad SMARTS) is 1. The summed E-state index contributed by atoms with van der Waals surface area (Å²) in [6.45, 7) is 8.45. The van der Waals surface area contributed by atoms with E-state index >= 15 is 4.39 Å². The number of halogens is 1. The maximum Gasteiger partial charge on any atom is 0.303 e. The van der Waals surface area contributed by atoms with Crippen LogP contribution in [0.1, 0.15) is 91.9 Å². The smallest absolute Gasteiger partial charge is 0.303 e. The Morgan fingerprint density at radius 3 is 2.32 bits per heavy atom. The average Bonchev–Trinajstić information content (AvgIpc) is 3.05. The van der Waals surface area contributed by atoms with Crippen molar-refractivity contribution in [3.63, 3.8) is 0 Å². The fraction of sp³-hybridized carbons (Fsp3) is 0.923. The molecule has 4 fully saturated rings. The molecule has 4 aliphatic rings. The fourth-order valence-corrected chi connectivity index (χ4v) is 9.12. The minimum absolute atomic E-state index is 0.00268. The Bertz CT molecular complexity index is 710. The van der Waals surface area contributed by atoms with Crippen LogP contribution in [0.3, 0.4) is 0 Å². The van der Waals surface area contributed by atoms with Crippen LogP contribution in [0.4, 0.5) is 4.39 Å². The zero-order chi connectivity index (χ0) is 22.6. The maximum atomic E-state index is 15.5. The summed E-state index contributed by atoms with van der Waals surface area (Å²) >= 11 is 0. The predicted molar refractivity (Wildman–Crippen MR) is 117 cm³/mol. The Hall–Kier alpha value is -1.13. The number of carbonyl (C=O) groups excluding carboxylic acids is 1. The zero-order valence-electron chi connectivity index (χ0n) is 19.7. The Morgan fingerprint density at radius 2 is 1.65 bits per heavy atom. The molecule has 5 heteroatoms. The molecule has 0 aromatic heterocycles. The molecule has 0 aliphatic heterocycles. The SMILES string of the molecule is CC(=O)OC1CC[C@@]2(C)[C@H](CC[C@@H]3[C@@H]2CC[C@]2(C)C([C@H](C)CCC(=O)O)CC[C@@H]32)[C@H]1F. The quantitative estimate of drug-likeness (QED) is 0.535. The first kappa shape index (κ1) is 23.0. The van der Waals surface area contributed by atoms with Crippen LogP contribution >= 0.6 is 0 Å². The van der Waals surface area contributed by atoms with E-state index in [1.165, 1.54) is 26.2 Å². The normalized spacial score (nSPS) is 47.6. The summed E-state index contributed by atoms with van der Waals surface area (Å²) in [5.74, 6) is 1.91. The minimum atomic E-state index is -1.04. The highest BCUT2D eigenvalue weighted by Gasteiger charge is 2.62. The molecule has 0 bridgehead atoms. The molecule has 4 saturated carbocycles. The number of esters is 1. The van der Waals surface area contributed by atoms with Gasteiger partial charge in [0.15, 0.2) is 0 Å². The van der Waals surface area contributed by atoms with E-state index in [4.69, 9.17) is 9.84 Å². The molecular weight excluding hydrogens is 395 g/mol. The molecule has 0 aromatic rings. The topological polar surface area (TPSA) is 63.6 Å². The molecule has 0 spiro atoms. The van der Waals surface area contributed by atoms with Gasteiger partial charge in [-0.15, -0.1) is 0 Å². The molecule has 31 heavy (non-hydrogen) atoms. The van der Waals surface area contributed by atoms with Gasteiger partial charge in [0.25, 0.3) is 0 Å². The number of carboxylic acids is 1. The van der Waals surface area contributed by atoms with Crippen LogP contribution in [0.2, 0.25) is 0 Å². The third kappa shape index (κ3) is 3.82. The van der Waals surface area contributed by atoms with E-state index in [1.807, 2.05) is 0 Å². The van der Waals surface area contributed by atoms with Gasteiger partial charge in [-0.1, -0.05) is 20.8 Å². The molecule has 0 saturated heterocycles. The lowest BCUT2D eigenvalue weighted by molar-refractivity contribution is -0.178. The second-order valence-corrected chi connectivity index (χ2v) is 11.8. The van der Waals surface area contributed by atoms with Crippen molar-refractivity contribution in [2.45, 2.75) is 104 Å². The highest BCUT2D eigenvalue weighted by Crippen LogP contribution is 2.68. The van der Waals surface area contributed by atoms with Crippen molar-refractivity contribution in [1.82, 2.24) is 0 Å². The van der Waals surface area contributed by atoms with Crippen molar-refractivity contribution in [2.24, 2.45) is 46.3 Å². The second kappa shape index (κ2) is 8.33. The molecule has 10 atom stereocenters. The van der Waals surface area contributed by atoms with E-state index in [2.05, 4.69) is 20.8 Å². The summed E-state index contributed by atoms with van der Waals surface area (Å²) in [5, 5.41) is 9.12. The molecule has 0 heterocycles. The molecule has 1 N–H and O–H groups in total. The van der Waals surface area contributed by atoms with Crippen molar-refractivity contribution in [3.8, 4) is 0 Å². The van der Waals surface area contributed by atoms with Crippen molar-refractivity contribution >= 4 is 11.9 Å². The molecule has 176 valence electrons. The number of hydrogen-bond donors (Lipinski definition) is 1. The lowest BCUT2D eigenvalue weighted by Gasteiger charge is -2.61. The Labute approximate surface area is 186 Å². The number of ether oxygens (including phenoxy) is 1. The molecule has 4 rings (SSSR count). The number of fused-ring (bicyclic) bond motifs is 5. The van der Waals surface area contributed by atoms with E-state index in [0.29, 0.717) is 41.4 Å². The van der Waals surface area contributed by atoms with Gasteiger partial charge >= 0.3 is 11.9 Å². The number of alkyl halides is 1. The molecule has 4 aliphatic carbocycles. The highest BCUT2D eigenvalue weighted by atomic mass is 19.1. The first-order valence-corrected chi connectivity index (χ1v) is 12.6. The summed E-state index contributed by atoms with van der Waals surface area (Å²) < 4.78 is 20.8. The van der Waals surface area contributed by atoms with Gasteiger partial charge in [0, 0.05) is 13.3 Å². The van der Waals surface area contributed by atoms with Gasteiger partial charge in [-0.2, -0.15) is 0 Å². The van der Waals surface area contributed by atoms with Crippen molar-refractivity contribution < 1.29 is 23.8 Å².